The van der Waals surface area contributed by atoms with Crippen LogP contribution in [-0.2, 0) is 0 Å². The fourth-order valence-electron chi connectivity index (χ4n) is 3.84. The van der Waals surface area contributed by atoms with E-state index in [0.717, 1.165) is 0 Å². The molecule has 10 heteroatoms. The van der Waals surface area contributed by atoms with Crippen molar-refractivity contribution in [2.75, 3.05) is 0 Å². The summed E-state index contributed by atoms with van der Waals surface area (Å²) in [5, 5.41) is 20.0. The number of fused-ring (bicyclic) bond motifs is 2. The van der Waals surface area contributed by atoms with E-state index in [-0.39, 0.29) is 39.2 Å². The quantitative estimate of drug-likeness (QED) is 0.344. The van der Waals surface area contributed by atoms with Gasteiger partial charge in [0.1, 0.15) is 16.1 Å². The number of rotatable bonds is 3. The van der Waals surface area contributed by atoms with Gasteiger partial charge in [-0.25, -0.2) is 0 Å². The molecule has 0 radical (unpaired) electrons. The van der Waals surface area contributed by atoms with Crippen LogP contribution < -0.4 is 5.43 Å². The summed E-state index contributed by atoms with van der Waals surface area (Å²) in [5.41, 5.74) is 2.08. The first kappa shape index (κ1) is 18.6. The Labute approximate surface area is 176 Å². The molecule has 0 unspecified atom stereocenters. The predicted molar refractivity (Wildman–Crippen MR) is 109 cm³/mol. The van der Waals surface area contributed by atoms with Crippen LogP contribution in [0.3, 0.4) is 0 Å². The van der Waals surface area contributed by atoms with Gasteiger partial charge in [0.15, 0.2) is 11.2 Å². The minimum absolute atomic E-state index is 0.0293. The molecule has 8 nitrogen and oxygen atoms in total. The van der Waals surface area contributed by atoms with Crippen LogP contribution in [0.4, 0.5) is 5.69 Å². The Hall–Kier alpha value is -3.43. The fraction of sp³-hybridized carbons (Fsp3) is 0.100. The smallest absolute Gasteiger partial charge is 0.269 e. The van der Waals surface area contributed by atoms with Gasteiger partial charge < -0.3 is 4.42 Å². The summed E-state index contributed by atoms with van der Waals surface area (Å²) < 4.78 is 5.83. The molecule has 0 bridgehead atoms. The van der Waals surface area contributed by atoms with Crippen molar-refractivity contribution in [2.45, 2.75) is 11.8 Å². The van der Waals surface area contributed by atoms with Crippen LogP contribution in [0.5, 0.6) is 0 Å². The third kappa shape index (κ3) is 2.74. The van der Waals surface area contributed by atoms with Gasteiger partial charge in [0.2, 0.25) is 5.78 Å². The second-order valence-corrected chi connectivity index (χ2v) is 8.06. The monoisotopic (exact) mass is 439 g/mol. The minimum Gasteiger partial charge on any atom is -0.452 e. The summed E-state index contributed by atoms with van der Waals surface area (Å²) in [5.74, 6) is -1.92. The molecule has 2 aromatic carbocycles. The molecule has 0 N–H and O–H groups in total. The summed E-state index contributed by atoms with van der Waals surface area (Å²) in [6, 6.07) is 10.4. The highest BCUT2D eigenvalue weighted by atomic mass is 35.5. The molecule has 0 fully saturated rings. The number of benzene rings is 2. The molecule has 1 aliphatic carbocycles. The van der Waals surface area contributed by atoms with Gasteiger partial charge in [-0.2, -0.15) is 0 Å². The first-order valence-corrected chi connectivity index (χ1v) is 10.0. The lowest BCUT2D eigenvalue weighted by Crippen LogP contribution is -2.16. The van der Waals surface area contributed by atoms with E-state index < -0.39 is 16.8 Å². The molecule has 4 aromatic rings. The van der Waals surface area contributed by atoms with Crippen LogP contribution in [0.1, 0.15) is 38.5 Å². The molecule has 1 aliphatic rings. The van der Waals surface area contributed by atoms with Crippen LogP contribution in [0.2, 0.25) is 5.02 Å². The number of nitro benzene ring substituents is 1. The van der Waals surface area contributed by atoms with Crippen molar-refractivity contribution in [3.05, 3.63) is 95.2 Å². The number of hydrogen-bond acceptors (Lipinski definition) is 8. The molecule has 0 spiro atoms. The summed E-state index contributed by atoms with van der Waals surface area (Å²) >= 11 is 7.25. The topological polar surface area (TPSA) is 116 Å². The molecule has 2 heterocycles. The predicted octanol–water partition coefficient (Wildman–Crippen LogP) is 4.32. The van der Waals surface area contributed by atoms with E-state index in [1.54, 1.807) is 24.3 Å². The molecular formula is C20H10ClN3O5S. The van der Waals surface area contributed by atoms with E-state index in [1.165, 1.54) is 35.0 Å². The highest BCUT2D eigenvalue weighted by molar-refractivity contribution is 7.09. The van der Waals surface area contributed by atoms with Crippen LogP contribution in [0.15, 0.2) is 57.2 Å². The lowest BCUT2D eigenvalue weighted by molar-refractivity contribution is -0.384. The van der Waals surface area contributed by atoms with E-state index >= 15 is 0 Å². The highest BCUT2D eigenvalue weighted by Gasteiger charge is 2.47. The summed E-state index contributed by atoms with van der Waals surface area (Å²) in [6.07, 6.45) is 0. The number of hydrogen-bond donors (Lipinski definition) is 0. The standard InChI is InChI=1S/C20H10ClN3O5S/c21-10-3-6-13-12(7-10)17(25)15-14(9-1-4-11(5-2-9)24(27)28)16(18(26)19(15)29-13)20-23-22-8-30-20/h1-8,14,16H/t14-,16-/m1/s1. The minimum atomic E-state index is -0.808. The highest BCUT2D eigenvalue weighted by Crippen LogP contribution is 2.47. The van der Waals surface area contributed by atoms with Gasteiger partial charge in [-0.1, -0.05) is 23.7 Å². The molecule has 5 rings (SSSR count). The van der Waals surface area contributed by atoms with Gasteiger partial charge in [-0.3, -0.25) is 19.7 Å². The Bertz CT molecular complexity index is 1380. The van der Waals surface area contributed by atoms with Gasteiger partial charge in [0, 0.05) is 23.1 Å². The Morgan fingerprint density at radius 2 is 1.87 bits per heavy atom. The number of aromatic nitrogens is 2. The molecule has 0 amide bonds. The first-order valence-electron chi connectivity index (χ1n) is 8.76. The van der Waals surface area contributed by atoms with E-state index in [4.69, 9.17) is 16.0 Å². The van der Waals surface area contributed by atoms with Gasteiger partial charge in [-0.05, 0) is 23.8 Å². The van der Waals surface area contributed by atoms with Crippen LogP contribution in [0, 0.1) is 10.1 Å². The number of carbonyl (C=O) groups is 1. The Morgan fingerprint density at radius 3 is 2.53 bits per heavy atom. The van der Waals surface area contributed by atoms with E-state index in [0.29, 0.717) is 15.6 Å². The SMILES string of the molecule is O=C1c2oc3ccc(Cl)cc3c(=O)c2[C@@H](c2ccc([N+](=O)[O-])cc2)[C@H]1c1nncs1. The normalized spacial score (nSPS) is 18.0. The Balaban J connectivity index is 1.79. The second kappa shape index (κ2) is 6.82. The van der Waals surface area contributed by atoms with Gasteiger partial charge in [0.25, 0.3) is 5.69 Å². The third-order valence-electron chi connectivity index (χ3n) is 5.14. The number of halogens is 1. The van der Waals surface area contributed by atoms with Crippen molar-refractivity contribution >= 4 is 45.4 Å². The Morgan fingerprint density at radius 1 is 1.10 bits per heavy atom. The fourth-order valence-corrected chi connectivity index (χ4v) is 4.70. The molecule has 0 saturated carbocycles. The van der Waals surface area contributed by atoms with Crippen molar-refractivity contribution in [3.63, 3.8) is 0 Å². The van der Waals surface area contributed by atoms with Crippen molar-refractivity contribution in [1.82, 2.24) is 10.2 Å². The maximum absolute atomic E-state index is 13.4. The van der Waals surface area contributed by atoms with Crippen molar-refractivity contribution in [2.24, 2.45) is 0 Å². The van der Waals surface area contributed by atoms with Crippen LogP contribution >= 0.6 is 22.9 Å². The summed E-state index contributed by atoms with van der Waals surface area (Å²) in [4.78, 5) is 37.2. The van der Waals surface area contributed by atoms with Crippen LogP contribution in [-0.4, -0.2) is 20.9 Å². The number of nitro groups is 1. The maximum Gasteiger partial charge on any atom is 0.269 e. The van der Waals surface area contributed by atoms with Crippen molar-refractivity contribution < 1.29 is 14.1 Å². The van der Waals surface area contributed by atoms with Crippen LogP contribution in [0.25, 0.3) is 11.0 Å². The zero-order chi connectivity index (χ0) is 21.0. The van der Waals surface area contributed by atoms with E-state index in [1.807, 2.05) is 0 Å². The molecular weight excluding hydrogens is 430 g/mol. The number of non-ortho nitro benzene ring substituents is 1. The number of carbonyl (C=O) groups excluding carboxylic acids is 1. The largest absolute Gasteiger partial charge is 0.452 e. The molecule has 0 saturated heterocycles. The van der Waals surface area contributed by atoms with Gasteiger partial charge >= 0.3 is 0 Å². The van der Waals surface area contributed by atoms with Crippen molar-refractivity contribution in [3.8, 4) is 0 Å². The second-order valence-electron chi connectivity index (χ2n) is 6.76. The van der Waals surface area contributed by atoms with E-state index in [9.17, 15) is 19.7 Å². The molecule has 148 valence electrons. The summed E-state index contributed by atoms with van der Waals surface area (Å²) in [7, 11) is 0. The zero-order valence-corrected chi connectivity index (χ0v) is 16.5. The number of Topliss-reactive ketones (excluding diaryl/α,β-unsaturated/α-hetero) is 1. The molecule has 30 heavy (non-hydrogen) atoms. The number of nitrogens with zero attached hydrogens (tertiary/aromatic N) is 3. The first-order chi connectivity index (χ1) is 14.5. The lowest BCUT2D eigenvalue weighted by Gasteiger charge is -2.16. The Kier molecular flexibility index (Phi) is 4.23. The number of ketones is 1. The average Bonchev–Trinajstić information content (AvgIpc) is 3.35. The molecule has 2 aromatic heterocycles. The van der Waals surface area contributed by atoms with Gasteiger partial charge in [-0.15, -0.1) is 21.5 Å². The van der Waals surface area contributed by atoms with Gasteiger partial charge in [0.05, 0.1) is 21.8 Å². The van der Waals surface area contributed by atoms with E-state index in [2.05, 4.69) is 10.2 Å². The molecule has 2 atom stereocenters. The summed E-state index contributed by atoms with van der Waals surface area (Å²) in [6.45, 7) is 0. The van der Waals surface area contributed by atoms with Crippen molar-refractivity contribution in [1.29, 1.82) is 0 Å². The lowest BCUT2D eigenvalue weighted by atomic mass is 9.85. The molecule has 0 aliphatic heterocycles. The zero-order valence-electron chi connectivity index (χ0n) is 14.9. The average molecular weight is 440 g/mol. The maximum atomic E-state index is 13.4. The third-order valence-corrected chi connectivity index (χ3v) is 6.16.